The molecule has 0 aliphatic carbocycles. The molecule has 3 rings (SSSR count). The van der Waals surface area contributed by atoms with E-state index in [4.69, 9.17) is 33.9 Å². The number of rotatable bonds is 3. The van der Waals surface area contributed by atoms with Gasteiger partial charge in [0.2, 0.25) is 11.8 Å². The van der Waals surface area contributed by atoms with Crippen LogP contribution in [0.4, 0.5) is 5.69 Å². The van der Waals surface area contributed by atoms with E-state index in [0.29, 0.717) is 27.4 Å². The van der Waals surface area contributed by atoms with Gasteiger partial charge in [-0.05, 0) is 6.07 Å². The summed E-state index contributed by atoms with van der Waals surface area (Å²) in [5, 5.41) is 0. The quantitative estimate of drug-likeness (QED) is 0.810. The van der Waals surface area contributed by atoms with Crippen LogP contribution >= 0.6 is 24.4 Å². The minimum absolute atomic E-state index is 0.423. The van der Waals surface area contributed by atoms with Gasteiger partial charge in [-0.3, -0.25) is 4.90 Å². The second-order valence-corrected chi connectivity index (χ2v) is 5.15. The van der Waals surface area contributed by atoms with E-state index in [1.165, 1.54) is 0 Å². The summed E-state index contributed by atoms with van der Waals surface area (Å²) in [6.07, 6.45) is 0. The molecule has 2 heterocycles. The molecule has 0 spiro atoms. The van der Waals surface area contributed by atoms with Crippen molar-refractivity contribution < 1.29 is 9.47 Å². The Kier molecular flexibility index (Phi) is 3.57. The SMILES string of the molecule is COc1ccc(N2C(=S)c3ccccc3C2=S)c(OC)n1. The van der Waals surface area contributed by atoms with Gasteiger partial charge in [0.25, 0.3) is 0 Å². The first kappa shape index (κ1) is 13.9. The average molecular weight is 316 g/mol. The van der Waals surface area contributed by atoms with Crippen molar-refractivity contribution in [3.8, 4) is 11.8 Å². The second kappa shape index (κ2) is 5.38. The molecule has 4 nitrogen and oxygen atoms in total. The van der Waals surface area contributed by atoms with Gasteiger partial charge in [0.1, 0.15) is 15.7 Å². The third-order valence-corrected chi connectivity index (χ3v) is 4.06. The van der Waals surface area contributed by atoms with Crippen molar-refractivity contribution in [2.24, 2.45) is 0 Å². The number of hydrogen-bond donors (Lipinski definition) is 0. The molecule has 106 valence electrons. The average Bonchev–Trinajstić information content (AvgIpc) is 2.79. The summed E-state index contributed by atoms with van der Waals surface area (Å²) in [4.78, 5) is 7.39. The zero-order chi connectivity index (χ0) is 15.0. The molecule has 0 amide bonds. The number of hydrogen-bond acceptors (Lipinski definition) is 5. The molecule has 0 N–H and O–H groups in total. The number of benzene rings is 1. The topological polar surface area (TPSA) is 34.6 Å². The van der Waals surface area contributed by atoms with Gasteiger partial charge in [-0.1, -0.05) is 48.7 Å². The van der Waals surface area contributed by atoms with E-state index in [2.05, 4.69) is 4.98 Å². The molecule has 0 fully saturated rings. The number of fused-ring (bicyclic) bond motifs is 1. The van der Waals surface area contributed by atoms with Crippen LogP contribution in [0.2, 0.25) is 0 Å². The molecule has 0 saturated carbocycles. The van der Waals surface area contributed by atoms with Crippen molar-refractivity contribution in [3.05, 3.63) is 47.5 Å². The van der Waals surface area contributed by atoms with Crippen LogP contribution in [0.3, 0.4) is 0 Å². The maximum absolute atomic E-state index is 5.55. The lowest BCUT2D eigenvalue weighted by Crippen LogP contribution is -2.28. The predicted octanol–water partition coefficient (Wildman–Crippen LogP) is 2.97. The standard InChI is InChI=1S/C15H12N2O2S2/c1-18-12-8-7-11(13(16-12)19-2)17-14(20)9-5-3-4-6-10(9)15(17)21/h3-8H,1-2H3. The molecule has 1 aromatic heterocycles. The molecule has 0 radical (unpaired) electrons. The number of aromatic nitrogens is 1. The van der Waals surface area contributed by atoms with E-state index in [1.54, 1.807) is 25.2 Å². The Morgan fingerprint density at radius 2 is 1.52 bits per heavy atom. The van der Waals surface area contributed by atoms with E-state index < -0.39 is 0 Å². The van der Waals surface area contributed by atoms with Gasteiger partial charge in [0.05, 0.1) is 14.2 Å². The summed E-state index contributed by atoms with van der Waals surface area (Å²) < 4.78 is 10.5. The minimum Gasteiger partial charge on any atom is -0.481 e. The maximum atomic E-state index is 5.55. The third kappa shape index (κ3) is 2.16. The first-order valence-corrected chi connectivity index (χ1v) is 7.06. The fraction of sp³-hybridized carbons (Fsp3) is 0.133. The van der Waals surface area contributed by atoms with Gasteiger partial charge < -0.3 is 9.47 Å². The van der Waals surface area contributed by atoms with E-state index >= 15 is 0 Å². The van der Waals surface area contributed by atoms with Crippen LogP contribution in [-0.4, -0.2) is 29.2 Å². The third-order valence-electron chi connectivity index (χ3n) is 3.25. The lowest BCUT2D eigenvalue weighted by molar-refractivity contribution is 0.366. The highest BCUT2D eigenvalue weighted by Crippen LogP contribution is 2.35. The Balaban J connectivity index is 2.11. The van der Waals surface area contributed by atoms with Crippen LogP contribution in [0.5, 0.6) is 11.8 Å². The Bertz CT molecular complexity index is 711. The molecule has 0 unspecified atom stereocenters. The Hall–Kier alpha value is -2.05. The van der Waals surface area contributed by atoms with E-state index in [9.17, 15) is 0 Å². The van der Waals surface area contributed by atoms with Gasteiger partial charge in [-0.25, -0.2) is 0 Å². The molecule has 21 heavy (non-hydrogen) atoms. The van der Waals surface area contributed by atoms with Crippen molar-refractivity contribution in [3.63, 3.8) is 0 Å². The second-order valence-electron chi connectivity index (χ2n) is 4.37. The number of thiocarbonyl (C=S) groups is 2. The molecule has 6 heteroatoms. The number of nitrogens with zero attached hydrogens (tertiary/aromatic N) is 2. The monoisotopic (exact) mass is 316 g/mol. The lowest BCUT2D eigenvalue weighted by atomic mass is 10.1. The maximum Gasteiger partial charge on any atom is 0.241 e. The molecule has 0 bridgehead atoms. The first-order chi connectivity index (χ1) is 10.2. The molecule has 2 aromatic rings. The lowest BCUT2D eigenvalue weighted by Gasteiger charge is -2.20. The number of anilines is 1. The van der Waals surface area contributed by atoms with E-state index in [-0.39, 0.29) is 0 Å². The predicted molar refractivity (Wildman–Crippen MR) is 89.7 cm³/mol. The highest BCUT2D eigenvalue weighted by Gasteiger charge is 2.32. The molecule has 1 aliphatic rings. The smallest absolute Gasteiger partial charge is 0.241 e. The van der Waals surface area contributed by atoms with Crippen LogP contribution in [0.25, 0.3) is 0 Å². The molecular formula is C15H12N2O2S2. The number of pyridine rings is 1. The number of methoxy groups -OCH3 is 2. The zero-order valence-corrected chi connectivity index (χ0v) is 13.1. The van der Waals surface area contributed by atoms with Gasteiger partial charge in [0.15, 0.2) is 0 Å². The van der Waals surface area contributed by atoms with Gasteiger partial charge >= 0.3 is 0 Å². The highest BCUT2D eigenvalue weighted by atomic mass is 32.1. The summed E-state index contributed by atoms with van der Waals surface area (Å²) >= 11 is 11.1. The van der Waals surface area contributed by atoms with Crippen molar-refractivity contribution in [2.45, 2.75) is 0 Å². The minimum atomic E-state index is 0.423. The van der Waals surface area contributed by atoms with Crippen molar-refractivity contribution >= 4 is 40.1 Å². The van der Waals surface area contributed by atoms with Crippen molar-refractivity contribution in [2.75, 3.05) is 19.1 Å². The summed E-state index contributed by atoms with van der Waals surface area (Å²) in [6.45, 7) is 0. The molecular weight excluding hydrogens is 304 g/mol. The van der Waals surface area contributed by atoms with Crippen LogP contribution < -0.4 is 14.4 Å². The zero-order valence-electron chi connectivity index (χ0n) is 11.5. The van der Waals surface area contributed by atoms with Crippen molar-refractivity contribution in [1.29, 1.82) is 0 Å². The van der Waals surface area contributed by atoms with Crippen LogP contribution in [0.15, 0.2) is 36.4 Å². The summed E-state index contributed by atoms with van der Waals surface area (Å²) in [5.41, 5.74) is 2.62. The summed E-state index contributed by atoms with van der Waals surface area (Å²) in [7, 11) is 3.11. The van der Waals surface area contributed by atoms with E-state index in [1.807, 2.05) is 30.3 Å². The normalized spacial score (nSPS) is 13.3. The van der Waals surface area contributed by atoms with Gasteiger partial charge in [-0.2, -0.15) is 4.98 Å². The molecule has 0 atom stereocenters. The summed E-state index contributed by atoms with van der Waals surface area (Å²) in [6, 6.07) is 11.4. The molecule has 1 aromatic carbocycles. The van der Waals surface area contributed by atoms with Crippen LogP contribution in [0.1, 0.15) is 11.1 Å². The van der Waals surface area contributed by atoms with Gasteiger partial charge in [0, 0.05) is 17.2 Å². The number of ether oxygens (including phenoxy) is 2. The first-order valence-electron chi connectivity index (χ1n) is 6.24. The Labute approximate surface area is 133 Å². The Morgan fingerprint density at radius 3 is 2.05 bits per heavy atom. The largest absolute Gasteiger partial charge is 0.481 e. The fourth-order valence-corrected chi connectivity index (χ4v) is 3.05. The van der Waals surface area contributed by atoms with Gasteiger partial charge in [-0.15, -0.1) is 0 Å². The highest BCUT2D eigenvalue weighted by molar-refractivity contribution is 7.83. The van der Waals surface area contributed by atoms with Crippen LogP contribution in [-0.2, 0) is 0 Å². The molecule has 0 saturated heterocycles. The van der Waals surface area contributed by atoms with E-state index in [0.717, 1.165) is 11.1 Å². The summed E-state index contributed by atoms with van der Waals surface area (Å²) in [5.74, 6) is 0.899. The van der Waals surface area contributed by atoms with Crippen molar-refractivity contribution in [1.82, 2.24) is 4.98 Å². The van der Waals surface area contributed by atoms with Crippen LogP contribution in [0, 0.1) is 0 Å². The fourth-order valence-electron chi connectivity index (χ4n) is 2.26. The molecule has 1 aliphatic heterocycles. The Morgan fingerprint density at radius 1 is 0.905 bits per heavy atom.